The van der Waals surface area contributed by atoms with Crippen molar-refractivity contribution >= 4 is 11.3 Å². The Kier molecular flexibility index (Phi) is 4.96. The van der Waals surface area contributed by atoms with Gasteiger partial charge in [0.25, 0.3) is 0 Å². The minimum atomic E-state index is -0.0586. The summed E-state index contributed by atoms with van der Waals surface area (Å²) in [5, 5.41) is 2.14. The average molecular weight is 240 g/mol. The number of hydrogen-bond acceptors (Lipinski definition) is 3. The van der Waals surface area contributed by atoms with Crippen molar-refractivity contribution < 1.29 is 0 Å². The van der Waals surface area contributed by atoms with Crippen LogP contribution in [-0.2, 0) is 6.42 Å². The molecule has 0 radical (unpaired) electrons. The Hall–Kier alpha value is -0.380. The van der Waals surface area contributed by atoms with E-state index in [2.05, 4.69) is 50.2 Å². The van der Waals surface area contributed by atoms with E-state index in [9.17, 15) is 0 Å². The molecule has 1 atom stereocenters. The van der Waals surface area contributed by atoms with Crippen LogP contribution in [0.2, 0.25) is 0 Å². The fourth-order valence-corrected chi connectivity index (χ4v) is 2.39. The van der Waals surface area contributed by atoms with E-state index in [1.807, 2.05) is 11.3 Å². The van der Waals surface area contributed by atoms with Gasteiger partial charge < -0.3 is 10.6 Å². The molecule has 0 fully saturated rings. The van der Waals surface area contributed by atoms with Gasteiger partial charge in [-0.25, -0.2) is 0 Å². The molecule has 0 saturated heterocycles. The predicted octanol–water partition coefficient (Wildman–Crippen LogP) is 2.74. The predicted molar refractivity (Wildman–Crippen MR) is 73.0 cm³/mol. The van der Waals surface area contributed by atoms with E-state index in [0.29, 0.717) is 6.04 Å². The number of nitrogens with zero attached hydrogens (tertiary/aromatic N) is 1. The van der Waals surface area contributed by atoms with Crippen molar-refractivity contribution in [1.82, 2.24) is 4.90 Å². The van der Waals surface area contributed by atoms with Crippen LogP contribution in [0.3, 0.4) is 0 Å². The Bertz CT molecular complexity index is 287. The van der Waals surface area contributed by atoms with Gasteiger partial charge in [0.15, 0.2) is 0 Å². The van der Waals surface area contributed by atoms with Crippen LogP contribution < -0.4 is 5.73 Å². The fraction of sp³-hybridized carbons (Fsp3) is 0.692. The third kappa shape index (κ3) is 5.10. The smallest absolute Gasteiger partial charge is 0.0112 e. The Morgan fingerprint density at radius 2 is 2.19 bits per heavy atom. The van der Waals surface area contributed by atoms with E-state index in [-0.39, 0.29) is 5.54 Å². The lowest BCUT2D eigenvalue weighted by atomic mass is 10.0. The second kappa shape index (κ2) is 5.80. The van der Waals surface area contributed by atoms with Crippen molar-refractivity contribution in [3.05, 3.63) is 22.4 Å². The first kappa shape index (κ1) is 13.7. The topological polar surface area (TPSA) is 29.3 Å². The molecule has 0 aromatic carbocycles. The fourth-order valence-electron chi connectivity index (χ4n) is 1.56. The molecule has 1 aromatic rings. The molecule has 16 heavy (non-hydrogen) atoms. The van der Waals surface area contributed by atoms with Gasteiger partial charge in [0, 0.05) is 16.5 Å². The maximum Gasteiger partial charge on any atom is 0.0112 e. The Morgan fingerprint density at radius 3 is 2.69 bits per heavy atom. The Balaban J connectivity index is 2.33. The number of hydrogen-bond donors (Lipinski definition) is 1. The minimum absolute atomic E-state index is 0.0586. The van der Waals surface area contributed by atoms with Gasteiger partial charge >= 0.3 is 0 Å². The summed E-state index contributed by atoms with van der Waals surface area (Å²) in [5.41, 5.74) is 5.94. The summed E-state index contributed by atoms with van der Waals surface area (Å²) in [6.07, 6.45) is 2.18. The van der Waals surface area contributed by atoms with Crippen LogP contribution >= 0.6 is 11.3 Å². The van der Waals surface area contributed by atoms with Gasteiger partial charge in [-0.05, 0) is 58.7 Å². The molecule has 0 saturated carbocycles. The summed E-state index contributed by atoms with van der Waals surface area (Å²) in [6.45, 7) is 7.52. The quantitative estimate of drug-likeness (QED) is 0.828. The summed E-state index contributed by atoms with van der Waals surface area (Å²) >= 11 is 1.84. The van der Waals surface area contributed by atoms with E-state index >= 15 is 0 Å². The van der Waals surface area contributed by atoms with Crippen LogP contribution in [0.15, 0.2) is 17.5 Å². The number of likely N-dealkylation sites (N-methyl/N-ethyl adjacent to an activating group) is 1. The minimum Gasteiger partial charge on any atom is -0.326 e. The molecule has 0 aliphatic carbocycles. The Labute approximate surface area is 103 Å². The van der Waals surface area contributed by atoms with Gasteiger partial charge in [0.05, 0.1) is 0 Å². The highest BCUT2D eigenvalue weighted by Gasteiger charge is 2.15. The lowest BCUT2D eigenvalue weighted by Crippen LogP contribution is -2.39. The maximum atomic E-state index is 6.00. The first-order valence-corrected chi connectivity index (χ1v) is 6.78. The molecule has 2 nitrogen and oxygen atoms in total. The van der Waals surface area contributed by atoms with Gasteiger partial charge in [0.1, 0.15) is 0 Å². The maximum absolute atomic E-state index is 6.00. The number of nitrogens with two attached hydrogens (primary N) is 1. The number of rotatable bonds is 6. The van der Waals surface area contributed by atoms with Crippen molar-refractivity contribution in [1.29, 1.82) is 0 Å². The molecular weight excluding hydrogens is 216 g/mol. The number of thiophene rings is 1. The van der Waals surface area contributed by atoms with Crippen molar-refractivity contribution in [2.45, 2.75) is 45.2 Å². The highest BCUT2D eigenvalue weighted by atomic mass is 32.1. The van der Waals surface area contributed by atoms with Gasteiger partial charge in [-0.1, -0.05) is 6.07 Å². The second-order valence-electron chi connectivity index (χ2n) is 5.35. The van der Waals surface area contributed by atoms with E-state index < -0.39 is 0 Å². The lowest BCUT2D eigenvalue weighted by Gasteiger charge is -2.28. The zero-order chi connectivity index (χ0) is 12.2. The third-order valence-electron chi connectivity index (χ3n) is 2.94. The molecule has 0 bridgehead atoms. The molecule has 1 rings (SSSR count). The van der Waals surface area contributed by atoms with Gasteiger partial charge in [0.2, 0.25) is 0 Å². The molecule has 1 aromatic heterocycles. The first-order valence-electron chi connectivity index (χ1n) is 5.90. The largest absolute Gasteiger partial charge is 0.326 e. The van der Waals surface area contributed by atoms with E-state index in [0.717, 1.165) is 19.4 Å². The van der Waals surface area contributed by atoms with Crippen molar-refractivity contribution in [3.63, 3.8) is 0 Å². The van der Waals surface area contributed by atoms with E-state index in [1.54, 1.807) is 0 Å². The molecule has 0 aliphatic rings. The van der Waals surface area contributed by atoms with Gasteiger partial charge in [-0.15, -0.1) is 11.3 Å². The second-order valence-corrected chi connectivity index (χ2v) is 6.38. The van der Waals surface area contributed by atoms with Gasteiger partial charge in [-0.2, -0.15) is 0 Å². The van der Waals surface area contributed by atoms with Crippen LogP contribution in [0.1, 0.15) is 32.1 Å². The highest BCUT2D eigenvalue weighted by Crippen LogP contribution is 2.14. The van der Waals surface area contributed by atoms with Crippen LogP contribution in [0.25, 0.3) is 0 Å². The highest BCUT2D eigenvalue weighted by molar-refractivity contribution is 7.09. The molecule has 92 valence electrons. The summed E-state index contributed by atoms with van der Waals surface area (Å²) in [6, 6.07) is 4.92. The lowest BCUT2D eigenvalue weighted by molar-refractivity contribution is 0.235. The molecule has 0 amide bonds. The average Bonchev–Trinajstić information content (AvgIpc) is 2.65. The van der Waals surface area contributed by atoms with E-state index in [1.165, 1.54) is 4.88 Å². The van der Waals surface area contributed by atoms with E-state index in [4.69, 9.17) is 5.73 Å². The molecule has 3 heteroatoms. The monoisotopic (exact) mass is 240 g/mol. The summed E-state index contributed by atoms with van der Waals surface area (Å²) in [7, 11) is 2.18. The van der Waals surface area contributed by atoms with Gasteiger partial charge in [-0.3, -0.25) is 0 Å². The molecule has 0 spiro atoms. The van der Waals surface area contributed by atoms with Crippen molar-refractivity contribution in [2.75, 3.05) is 13.6 Å². The van der Waals surface area contributed by atoms with Crippen LogP contribution in [0.5, 0.6) is 0 Å². The van der Waals surface area contributed by atoms with Crippen LogP contribution in [0.4, 0.5) is 0 Å². The normalized spacial score (nSPS) is 14.4. The van der Waals surface area contributed by atoms with Crippen molar-refractivity contribution in [2.24, 2.45) is 5.73 Å². The zero-order valence-corrected chi connectivity index (χ0v) is 11.7. The summed E-state index contributed by atoms with van der Waals surface area (Å²) in [4.78, 5) is 3.86. The molecule has 1 heterocycles. The van der Waals surface area contributed by atoms with Crippen LogP contribution in [0, 0.1) is 0 Å². The molecular formula is C13H24N2S. The standard InChI is InChI=1S/C13H24N2S/c1-11(10-12-6-5-9-16-12)15(4)8-7-13(2,3)14/h5-6,9,11H,7-8,10,14H2,1-4H3. The Morgan fingerprint density at radius 1 is 1.50 bits per heavy atom. The third-order valence-corrected chi connectivity index (χ3v) is 3.84. The van der Waals surface area contributed by atoms with Crippen LogP contribution in [-0.4, -0.2) is 30.1 Å². The SMILES string of the molecule is CC(Cc1cccs1)N(C)CCC(C)(C)N. The first-order chi connectivity index (χ1) is 7.38. The summed E-state index contributed by atoms with van der Waals surface area (Å²) in [5.74, 6) is 0. The zero-order valence-electron chi connectivity index (χ0n) is 10.9. The molecule has 0 aliphatic heterocycles. The summed E-state index contributed by atoms with van der Waals surface area (Å²) < 4.78 is 0. The molecule has 1 unspecified atom stereocenters. The molecule has 2 N–H and O–H groups in total. The van der Waals surface area contributed by atoms with Crippen molar-refractivity contribution in [3.8, 4) is 0 Å².